The number of rotatable bonds is 9. The molecule has 3 aliphatic rings. The summed E-state index contributed by atoms with van der Waals surface area (Å²) in [6.07, 6.45) is 5.65. The first-order valence-electron chi connectivity index (χ1n) is 15.9. The SMILES string of the molecule is CC(C)N(CCOc1ncc(-c2cc3c4c(cnc3cc2F)N(C)C(=O)C42CCC2)cc1NS(=O)(=O)N1CCC1)C(=O)OC(C)(C)C. The standard InChI is InChI=1S/C33H41FN6O6S/c1-20(2)40(31(42)46-32(3,4)5)13-14-45-29-26(37-47(43,44)39-11-8-12-39)15-21(18-36-29)22-16-23-25(17-24(22)34)35-19-27-28(23)33(9-7-10-33)30(41)38(27)6/h15-20,37H,7-14H2,1-6H3. The highest BCUT2D eigenvalue weighted by atomic mass is 32.2. The number of carbonyl (C=O) groups excluding carboxylic acids is 2. The topological polar surface area (TPSA) is 134 Å². The third kappa shape index (κ3) is 5.97. The summed E-state index contributed by atoms with van der Waals surface area (Å²) in [5.74, 6) is -0.565. The zero-order chi connectivity index (χ0) is 33.9. The lowest BCUT2D eigenvalue weighted by atomic mass is 9.64. The number of carbonyl (C=O) groups is 2. The van der Waals surface area contributed by atoms with Gasteiger partial charge in [-0.2, -0.15) is 12.7 Å². The molecule has 1 aliphatic carbocycles. The van der Waals surface area contributed by atoms with Crippen LogP contribution in [0.25, 0.3) is 22.0 Å². The van der Waals surface area contributed by atoms with Crippen LogP contribution in [0.5, 0.6) is 5.88 Å². The molecule has 1 saturated carbocycles. The summed E-state index contributed by atoms with van der Waals surface area (Å²) in [5, 5.41) is 0.676. The largest absolute Gasteiger partial charge is 0.474 e. The fraction of sp³-hybridized carbons (Fsp3) is 0.515. The maximum Gasteiger partial charge on any atom is 0.410 e. The van der Waals surface area contributed by atoms with Gasteiger partial charge in [0.05, 0.1) is 29.4 Å². The number of hydrogen-bond acceptors (Lipinski definition) is 8. The fourth-order valence-electron chi connectivity index (χ4n) is 6.35. The molecule has 1 aromatic carbocycles. The van der Waals surface area contributed by atoms with E-state index in [0.717, 1.165) is 18.4 Å². The molecule has 1 saturated heterocycles. The Hall–Kier alpha value is -4.04. The molecule has 0 atom stereocenters. The van der Waals surface area contributed by atoms with Gasteiger partial charge in [0.15, 0.2) is 0 Å². The first-order valence-corrected chi connectivity index (χ1v) is 17.4. The van der Waals surface area contributed by atoms with E-state index < -0.39 is 33.1 Å². The summed E-state index contributed by atoms with van der Waals surface area (Å²) in [4.78, 5) is 38.1. The Morgan fingerprint density at radius 3 is 2.45 bits per heavy atom. The minimum atomic E-state index is -3.93. The summed E-state index contributed by atoms with van der Waals surface area (Å²) >= 11 is 0. The molecule has 1 spiro atoms. The lowest BCUT2D eigenvalue weighted by Crippen LogP contribution is -2.45. The van der Waals surface area contributed by atoms with Crippen LogP contribution < -0.4 is 14.4 Å². The van der Waals surface area contributed by atoms with E-state index in [-0.39, 0.29) is 42.2 Å². The molecule has 252 valence electrons. The number of ether oxygens (including phenoxy) is 2. The second-order valence-electron chi connectivity index (χ2n) is 13.7. The molecule has 1 N–H and O–H groups in total. The van der Waals surface area contributed by atoms with Crippen molar-refractivity contribution in [3.63, 3.8) is 0 Å². The summed E-state index contributed by atoms with van der Waals surface area (Å²) in [6.45, 7) is 9.97. The van der Waals surface area contributed by atoms with E-state index in [0.29, 0.717) is 48.1 Å². The van der Waals surface area contributed by atoms with Gasteiger partial charge in [-0.3, -0.25) is 14.5 Å². The normalized spacial score (nSPS) is 17.4. The second kappa shape index (κ2) is 11.9. The smallest absolute Gasteiger partial charge is 0.410 e. The molecule has 2 fully saturated rings. The number of benzene rings is 1. The zero-order valence-corrected chi connectivity index (χ0v) is 28.4. The quantitative estimate of drug-likeness (QED) is 0.328. The van der Waals surface area contributed by atoms with Gasteiger partial charge in [-0.05, 0) is 66.0 Å². The molecule has 47 heavy (non-hydrogen) atoms. The number of fused-ring (bicyclic) bond motifs is 4. The predicted molar refractivity (Wildman–Crippen MR) is 176 cm³/mol. The number of anilines is 2. The molecule has 2 amide bonds. The highest BCUT2D eigenvalue weighted by molar-refractivity contribution is 7.90. The minimum Gasteiger partial charge on any atom is -0.474 e. The maximum atomic E-state index is 15.7. The zero-order valence-electron chi connectivity index (χ0n) is 27.6. The van der Waals surface area contributed by atoms with E-state index in [1.165, 1.54) is 27.5 Å². The lowest BCUT2D eigenvalue weighted by molar-refractivity contribution is -0.125. The number of aromatic nitrogens is 2. The van der Waals surface area contributed by atoms with E-state index in [4.69, 9.17) is 9.47 Å². The van der Waals surface area contributed by atoms with Gasteiger partial charge in [0.25, 0.3) is 0 Å². The van der Waals surface area contributed by atoms with Crippen LogP contribution in [0.4, 0.5) is 20.6 Å². The third-order valence-corrected chi connectivity index (χ3v) is 10.6. The van der Waals surface area contributed by atoms with Crippen LogP contribution in [0, 0.1) is 5.82 Å². The Morgan fingerprint density at radius 2 is 1.85 bits per heavy atom. The van der Waals surface area contributed by atoms with Crippen molar-refractivity contribution in [2.45, 2.75) is 77.4 Å². The first-order chi connectivity index (χ1) is 22.1. The van der Waals surface area contributed by atoms with E-state index in [9.17, 15) is 18.0 Å². The number of amides is 2. The van der Waals surface area contributed by atoms with Gasteiger partial charge >= 0.3 is 16.3 Å². The van der Waals surface area contributed by atoms with Crippen molar-refractivity contribution in [3.05, 3.63) is 42.0 Å². The molecule has 3 aromatic rings. The van der Waals surface area contributed by atoms with Gasteiger partial charge in [0.1, 0.15) is 23.7 Å². The van der Waals surface area contributed by atoms with Crippen LogP contribution in [0.3, 0.4) is 0 Å². The van der Waals surface area contributed by atoms with Crippen LogP contribution in [0.15, 0.2) is 30.6 Å². The highest BCUT2D eigenvalue weighted by Crippen LogP contribution is 2.55. The Kier molecular flexibility index (Phi) is 8.32. The Morgan fingerprint density at radius 1 is 1.13 bits per heavy atom. The van der Waals surface area contributed by atoms with Crippen molar-refractivity contribution >= 4 is 44.5 Å². The number of halogens is 1. The fourth-order valence-corrected chi connectivity index (χ4v) is 7.65. The molecule has 12 nitrogen and oxygen atoms in total. The van der Waals surface area contributed by atoms with Crippen molar-refractivity contribution in [1.29, 1.82) is 0 Å². The Bertz CT molecular complexity index is 1850. The van der Waals surface area contributed by atoms with Crippen LogP contribution in [-0.4, -0.2) is 84.5 Å². The first kappa shape index (κ1) is 32.9. The molecule has 14 heteroatoms. The van der Waals surface area contributed by atoms with Crippen LogP contribution in [0.1, 0.15) is 65.9 Å². The van der Waals surface area contributed by atoms with Crippen LogP contribution in [0.2, 0.25) is 0 Å². The number of pyridine rings is 2. The maximum absolute atomic E-state index is 15.7. The molecular formula is C33H41FN6O6S. The van der Waals surface area contributed by atoms with Gasteiger partial charge < -0.3 is 19.3 Å². The molecular weight excluding hydrogens is 627 g/mol. The second-order valence-corrected chi connectivity index (χ2v) is 15.4. The number of hydrogen-bond donors (Lipinski definition) is 1. The summed E-state index contributed by atoms with van der Waals surface area (Å²) in [5.41, 5.74) is 1.22. The molecule has 0 radical (unpaired) electrons. The van der Waals surface area contributed by atoms with Gasteiger partial charge in [-0.25, -0.2) is 14.2 Å². The average Bonchev–Trinajstić information content (AvgIpc) is 3.15. The molecule has 2 aliphatic heterocycles. The van der Waals surface area contributed by atoms with E-state index in [2.05, 4.69) is 14.7 Å². The summed E-state index contributed by atoms with van der Waals surface area (Å²) in [6, 6.07) is 4.32. The Balaban J connectivity index is 1.35. The van der Waals surface area contributed by atoms with Gasteiger partial charge in [-0.15, -0.1) is 0 Å². The molecule has 0 unspecified atom stereocenters. The van der Waals surface area contributed by atoms with Gasteiger partial charge in [0, 0.05) is 60.5 Å². The van der Waals surface area contributed by atoms with Crippen LogP contribution >= 0.6 is 0 Å². The van der Waals surface area contributed by atoms with Gasteiger partial charge in [-0.1, -0.05) is 6.42 Å². The predicted octanol–water partition coefficient (Wildman–Crippen LogP) is 5.22. The number of nitrogens with zero attached hydrogens (tertiary/aromatic N) is 5. The minimum absolute atomic E-state index is 0.00597. The van der Waals surface area contributed by atoms with Gasteiger partial charge in [0.2, 0.25) is 11.8 Å². The van der Waals surface area contributed by atoms with E-state index in [1.54, 1.807) is 45.0 Å². The molecule has 6 rings (SSSR count). The number of likely N-dealkylation sites (N-methyl/N-ethyl adjacent to an activating group) is 1. The summed E-state index contributed by atoms with van der Waals surface area (Å²) < 4.78 is 57.4. The summed E-state index contributed by atoms with van der Waals surface area (Å²) in [7, 11) is -2.20. The van der Waals surface area contributed by atoms with Crippen molar-refractivity contribution in [2.24, 2.45) is 0 Å². The molecule has 2 aromatic heterocycles. The molecule has 0 bridgehead atoms. The van der Waals surface area contributed by atoms with E-state index in [1.807, 2.05) is 13.8 Å². The van der Waals surface area contributed by atoms with Crippen molar-refractivity contribution in [1.82, 2.24) is 19.2 Å². The third-order valence-electron chi connectivity index (χ3n) is 9.08. The van der Waals surface area contributed by atoms with E-state index >= 15 is 4.39 Å². The monoisotopic (exact) mass is 668 g/mol. The average molecular weight is 669 g/mol. The van der Waals surface area contributed by atoms with Crippen molar-refractivity contribution in [3.8, 4) is 17.0 Å². The van der Waals surface area contributed by atoms with Crippen LogP contribution in [-0.2, 0) is 25.2 Å². The molecule has 4 heterocycles. The Labute approximate surface area is 274 Å². The lowest BCUT2D eigenvalue weighted by Gasteiger charge is -2.37. The van der Waals surface area contributed by atoms with Crippen molar-refractivity contribution < 1.29 is 31.9 Å². The number of nitrogens with one attached hydrogen (secondary N) is 1. The highest BCUT2D eigenvalue weighted by Gasteiger charge is 2.54. The van der Waals surface area contributed by atoms with Crippen molar-refractivity contribution in [2.75, 3.05) is 42.9 Å².